The Balaban J connectivity index is 0.000000381. The fourth-order valence-electron chi connectivity index (χ4n) is 1.81. The van der Waals surface area contributed by atoms with Gasteiger partial charge in [0.1, 0.15) is 12.4 Å². The minimum Gasteiger partial charge on any atom is -0.489 e. The first-order chi connectivity index (χ1) is 11.7. The number of aliphatic carboxylic acids is 1. The monoisotopic (exact) mass is 364 g/mol. The standard InChI is InChI=1S/C13H15FN2O2.C2HF3O2/c14-6-9(7-15)8-18-11-1-2-12-10(5-11)3-4-16-13(12)17;3-2(4,5)1(6)7/h1-2,5-6H,3-4,7-8,15H2,(H,16,17);(H,6,7)/b9-6+;. The van der Waals surface area contributed by atoms with Crippen molar-refractivity contribution in [1.29, 1.82) is 0 Å². The summed E-state index contributed by atoms with van der Waals surface area (Å²) in [4.78, 5) is 20.4. The molecular formula is C15H16F4N2O4. The number of alkyl halides is 3. The maximum atomic E-state index is 12.3. The molecule has 0 aliphatic carbocycles. The first-order valence-electron chi connectivity index (χ1n) is 7.01. The minimum atomic E-state index is -5.08. The van der Waals surface area contributed by atoms with Crippen LogP contribution in [0.1, 0.15) is 15.9 Å². The van der Waals surface area contributed by atoms with Crippen LogP contribution in [0.15, 0.2) is 30.1 Å². The van der Waals surface area contributed by atoms with Crippen molar-refractivity contribution < 1.29 is 37.0 Å². The van der Waals surface area contributed by atoms with Gasteiger partial charge in [0.15, 0.2) is 0 Å². The lowest BCUT2D eigenvalue weighted by atomic mass is 10.0. The zero-order chi connectivity index (χ0) is 19.0. The van der Waals surface area contributed by atoms with Gasteiger partial charge in [-0.15, -0.1) is 0 Å². The van der Waals surface area contributed by atoms with Gasteiger partial charge in [-0.1, -0.05) is 0 Å². The topological polar surface area (TPSA) is 102 Å². The number of carbonyl (C=O) groups excluding carboxylic acids is 1. The van der Waals surface area contributed by atoms with Gasteiger partial charge in [-0.3, -0.25) is 4.79 Å². The second kappa shape index (κ2) is 9.02. The van der Waals surface area contributed by atoms with Gasteiger partial charge in [-0.05, 0) is 30.2 Å². The predicted octanol–water partition coefficient (Wildman–Crippen LogP) is 1.80. The summed E-state index contributed by atoms with van der Waals surface area (Å²) in [6.07, 6.45) is -3.84. The Labute approximate surface area is 140 Å². The van der Waals surface area contributed by atoms with Crippen LogP contribution in [0.3, 0.4) is 0 Å². The lowest BCUT2D eigenvalue weighted by Crippen LogP contribution is -2.31. The van der Waals surface area contributed by atoms with E-state index < -0.39 is 12.1 Å². The van der Waals surface area contributed by atoms with Crippen LogP contribution in [0.4, 0.5) is 17.6 Å². The summed E-state index contributed by atoms with van der Waals surface area (Å²) >= 11 is 0. The van der Waals surface area contributed by atoms with Crippen LogP contribution < -0.4 is 15.8 Å². The molecule has 4 N–H and O–H groups in total. The summed E-state index contributed by atoms with van der Waals surface area (Å²) in [6, 6.07) is 5.25. The molecule has 1 aliphatic heterocycles. The molecule has 138 valence electrons. The molecule has 0 bridgehead atoms. The van der Waals surface area contributed by atoms with Gasteiger partial charge in [0.05, 0.1) is 6.33 Å². The van der Waals surface area contributed by atoms with Crippen LogP contribution in [-0.2, 0) is 11.2 Å². The lowest BCUT2D eigenvalue weighted by molar-refractivity contribution is -0.192. The van der Waals surface area contributed by atoms with E-state index in [0.29, 0.717) is 29.8 Å². The van der Waals surface area contributed by atoms with Gasteiger partial charge in [-0.2, -0.15) is 13.2 Å². The second-order valence-corrected chi connectivity index (χ2v) is 4.89. The first kappa shape index (κ1) is 20.4. The van der Waals surface area contributed by atoms with E-state index >= 15 is 0 Å². The zero-order valence-corrected chi connectivity index (χ0v) is 12.9. The molecule has 0 saturated carbocycles. The molecule has 6 nitrogen and oxygen atoms in total. The number of benzene rings is 1. The minimum absolute atomic E-state index is 0.0610. The van der Waals surface area contributed by atoms with E-state index in [-0.39, 0.29) is 19.1 Å². The number of nitrogens with two attached hydrogens (primary N) is 1. The summed E-state index contributed by atoms with van der Waals surface area (Å²) in [5, 5.41) is 9.90. The number of amides is 1. The summed E-state index contributed by atoms with van der Waals surface area (Å²) < 4.78 is 49.5. The van der Waals surface area contributed by atoms with Crippen molar-refractivity contribution in [2.24, 2.45) is 5.73 Å². The van der Waals surface area contributed by atoms with E-state index in [0.717, 1.165) is 12.0 Å². The third kappa shape index (κ3) is 6.42. The Morgan fingerprint density at radius 1 is 1.40 bits per heavy atom. The van der Waals surface area contributed by atoms with Crippen LogP contribution in [-0.4, -0.2) is 42.9 Å². The number of hydrogen-bond acceptors (Lipinski definition) is 4. The molecule has 1 aromatic carbocycles. The number of carbonyl (C=O) groups is 2. The number of fused-ring (bicyclic) bond motifs is 1. The van der Waals surface area contributed by atoms with E-state index in [9.17, 15) is 22.4 Å². The normalized spacial score (nSPS) is 14.0. The van der Waals surface area contributed by atoms with Gasteiger partial charge in [0, 0.05) is 24.2 Å². The van der Waals surface area contributed by atoms with Crippen molar-refractivity contribution in [3.8, 4) is 5.75 Å². The fraction of sp³-hybridized carbons (Fsp3) is 0.333. The molecule has 0 radical (unpaired) electrons. The molecule has 1 heterocycles. The summed E-state index contributed by atoms with van der Waals surface area (Å²) in [5.41, 5.74) is 7.36. The summed E-state index contributed by atoms with van der Waals surface area (Å²) in [7, 11) is 0. The molecule has 0 aromatic heterocycles. The molecule has 0 fully saturated rings. The van der Waals surface area contributed by atoms with Crippen molar-refractivity contribution in [2.45, 2.75) is 12.6 Å². The van der Waals surface area contributed by atoms with Gasteiger partial charge < -0.3 is 20.9 Å². The summed E-state index contributed by atoms with van der Waals surface area (Å²) in [6.45, 7) is 0.884. The van der Waals surface area contributed by atoms with Gasteiger partial charge in [-0.25, -0.2) is 9.18 Å². The molecule has 25 heavy (non-hydrogen) atoms. The third-order valence-corrected chi connectivity index (χ3v) is 3.08. The zero-order valence-electron chi connectivity index (χ0n) is 12.9. The molecule has 1 aromatic rings. The second-order valence-electron chi connectivity index (χ2n) is 4.89. The molecule has 1 aliphatic rings. The van der Waals surface area contributed by atoms with Crippen LogP contribution >= 0.6 is 0 Å². The maximum Gasteiger partial charge on any atom is 0.490 e. The Bertz CT molecular complexity index is 659. The quantitative estimate of drug-likeness (QED) is 0.707. The lowest BCUT2D eigenvalue weighted by Gasteiger charge is -2.17. The number of carboxylic acid groups (broad SMARTS) is 1. The average Bonchev–Trinajstić information content (AvgIpc) is 2.55. The van der Waals surface area contributed by atoms with E-state index in [2.05, 4.69) is 5.32 Å². The van der Waals surface area contributed by atoms with E-state index in [1.165, 1.54) is 0 Å². The fourth-order valence-corrected chi connectivity index (χ4v) is 1.81. The van der Waals surface area contributed by atoms with Gasteiger partial charge in [0.25, 0.3) is 5.91 Å². The number of carboxylic acids is 1. The maximum absolute atomic E-state index is 12.3. The number of nitrogens with one attached hydrogen (secondary N) is 1. The number of rotatable bonds is 4. The smallest absolute Gasteiger partial charge is 0.489 e. The molecular weight excluding hydrogens is 348 g/mol. The highest BCUT2D eigenvalue weighted by molar-refractivity contribution is 5.96. The van der Waals surface area contributed by atoms with Crippen LogP contribution in [0.5, 0.6) is 5.75 Å². The molecule has 2 rings (SSSR count). The Hall–Kier alpha value is -2.62. The molecule has 0 atom stereocenters. The molecule has 1 amide bonds. The van der Waals surface area contributed by atoms with Gasteiger partial charge in [0.2, 0.25) is 0 Å². The molecule has 0 saturated heterocycles. The van der Waals surface area contributed by atoms with Crippen LogP contribution in [0.2, 0.25) is 0 Å². The number of hydrogen-bond donors (Lipinski definition) is 3. The van der Waals surface area contributed by atoms with Crippen molar-refractivity contribution in [3.05, 3.63) is 41.2 Å². The highest BCUT2D eigenvalue weighted by atomic mass is 19.4. The number of ether oxygens (including phenoxy) is 1. The van der Waals surface area contributed by atoms with Gasteiger partial charge >= 0.3 is 12.1 Å². The Kier molecular flexibility index (Phi) is 7.37. The van der Waals surface area contributed by atoms with Crippen molar-refractivity contribution >= 4 is 11.9 Å². The van der Waals surface area contributed by atoms with Crippen molar-refractivity contribution in [1.82, 2.24) is 5.32 Å². The van der Waals surface area contributed by atoms with Crippen LogP contribution in [0.25, 0.3) is 0 Å². The first-order valence-corrected chi connectivity index (χ1v) is 7.01. The highest BCUT2D eigenvalue weighted by Crippen LogP contribution is 2.21. The Morgan fingerprint density at radius 3 is 2.56 bits per heavy atom. The highest BCUT2D eigenvalue weighted by Gasteiger charge is 2.38. The largest absolute Gasteiger partial charge is 0.490 e. The SMILES string of the molecule is NC/C(=C\F)COc1ccc2c(c1)CCNC2=O.O=C(O)C(F)(F)F. The molecule has 0 unspecified atom stereocenters. The van der Waals surface area contributed by atoms with Crippen molar-refractivity contribution in [3.63, 3.8) is 0 Å². The molecule has 0 spiro atoms. The average molecular weight is 364 g/mol. The number of halogens is 4. The van der Waals surface area contributed by atoms with E-state index in [4.69, 9.17) is 20.4 Å². The molecule has 10 heteroatoms. The van der Waals surface area contributed by atoms with E-state index in [1.807, 2.05) is 6.07 Å². The van der Waals surface area contributed by atoms with E-state index in [1.54, 1.807) is 12.1 Å². The third-order valence-electron chi connectivity index (χ3n) is 3.08. The van der Waals surface area contributed by atoms with Crippen molar-refractivity contribution in [2.75, 3.05) is 19.7 Å². The summed E-state index contributed by atoms with van der Waals surface area (Å²) in [5.74, 6) is -2.20. The van der Waals surface area contributed by atoms with Crippen LogP contribution in [0, 0.1) is 0 Å². The Morgan fingerprint density at radius 2 is 2.04 bits per heavy atom. The predicted molar refractivity (Wildman–Crippen MR) is 79.9 cm³/mol.